The largest absolute Gasteiger partial charge is 0.336 e. The highest BCUT2D eigenvalue weighted by molar-refractivity contribution is 7.81. The SMILES string of the molecule is CC1(N2CC(S)CC2=O)CCCCCC1. The van der Waals surface area contributed by atoms with Crippen molar-refractivity contribution in [2.24, 2.45) is 0 Å². The van der Waals surface area contributed by atoms with Crippen molar-refractivity contribution in [1.82, 2.24) is 4.90 Å². The Morgan fingerprint density at radius 1 is 1.27 bits per heavy atom. The molecule has 1 heterocycles. The van der Waals surface area contributed by atoms with Crippen LogP contribution < -0.4 is 0 Å². The van der Waals surface area contributed by atoms with Crippen LogP contribution in [-0.4, -0.2) is 28.1 Å². The molecule has 0 bridgehead atoms. The van der Waals surface area contributed by atoms with Crippen molar-refractivity contribution >= 4 is 18.5 Å². The second kappa shape index (κ2) is 4.36. The van der Waals surface area contributed by atoms with Gasteiger partial charge in [-0.05, 0) is 19.8 Å². The Bertz CT molecular complexity index is 246. The van der Waals surface area contributed by atoms with Gasteiger partial charge in [0.2, 0.25) is 5.91 Å². The average molecular weight is 227 g/mol. The second-order valence-corrected chi connectivity index (χ2v) is 6.00. The Balaban J connectivity index is 2.09. The third-order valence-corrected chi connectivity index (χ3v) is 4.28. The van der Waals surface area contributed by atoms with Gasteiger partial charge in [-0.2, -0.15) is 12.6 Å². The van der Waals surface area contributed by atoms with E-state index < -0.39 is 0 Å². The van der Waals surface area contributed by atoms with Gasteiger partial charge in [-0.25, -0.2) is 0 Å². The fourth-order valence-electron chi connectivity index (χ4n) is 2.97. The van der Waals surface area contributed by atoms with Crippen molar-refractivity contribution in [3.05, 3.63) is 0 Å². The molecule has 1 unspecified atom stereocenters. The monoisotopic (exact) mass is 227 g/mol. The summed E-state index contributed by atoms with van der Waals surface area (Å²) in [6.45, 7) is 3.13. The zero-order valence-corrected chi connectivity index (χ0v) is 10.4. The van der Waals surface area contributed by atoms with E-state index in [9.17, 15) is 4.79 Å². The number of hydrogen-bond acceptors (Lipinski definition) is 2. The molecule has 1 saturated carbocycles. The first-order valence-electron chi connectivity index (χ1n) is 6.10. The molecule has 2 nitrogen and oxygen atoms in total. The Labute approximate surface area is 97.8 Å². The highest BCUT2D eigenvalue weighted by Gasteiger charge is 2.40. The van der Waals surface area contributed by atoms with Crippen LogP contribution in [0.15, 0.2) is 0 Å². The molecule has 0 aromatic rings. The molecule has 86 valence electrons. The molecule has 1 aliphatic heterocycles. The molecule has 15 heavy (non-hydrogen) atoms. The van der Waals surface area contributed by atoms with Gasteiger partial charge in [-0.3, -0.25) is 4.79 Å². The van der Waals surface area contributed by atoms with E-state index >= 15 is 0 Å². The minimum Gasteiger partial charge on any atom is -0.336 e. The van der Waals surface area contributed by atoms with Crippen LogP contribution in [0.2, 0.25) is 0 Å². The van der Waals surface area contributed by atoms with Crippen molar-refractivity contribution < 1.29 is 4.79 Å². The van der Waals surface area contributed by atoms with Crippen LogP contribution >= 0.6 is 12.6 Å². The molecule has 2 rings (SSSR count). The third kappa shape index (κ3) is 2.32. The molecule has 1 amide bonds. The van der Waals surface area contributed by atoms with Crippen LogP contribution in [0.5, 0.6) is 0 Å². The molecular weight excluding hydrogens is 206 g/mol. The molecule has 1 atom stereocenters. The fourth-order valence-corrected chi connectivity index (χ4v) is 3.29. The van der Waals surface area contributed by atoms with E-state index in [4.69, 9.17) is 0 Å². The predicted octanol–water partition coefficient (Wildman–Crippen LogP) is 2.63. The number of carbonyl (C=O) groups is 1. The summed E-state index contributed by atoms with van der Waals surface area (Å²) >= 11 is 4.43. The molecule has 1 saturated heterocycles. The molecule has 0 N–H and O–H groups in total. The van der Waals surface area contributed by atoms with E-state index in [2.05, 4.69) is 24.5 Å². The standard InChI is InChI=1S/C12H21NOS/c1-12(6-4-2-3-5-7-12)13-9-10(15)8-11(13)14/h10,15H,2-9H2,1H3. The molecule has 0 spiro atoms. The Morgan fingerprint density at radius 2 is 1.87 bits per heavy atom. The predicted molar refractivity (Wildman–Crippen MR) is 65.2 cm³/mol. The Hall–Kier alpha value is -0.180. The topological polar surface area (TPSA) is 20.3 Å². The van der Waals surface area contributed by atoms with E-state index in [0.717, 1.165) is 6.54 Å². The van der Waals surface area contributed by atoms with Crippen LogP contribution in [0.25, 0.3) is 0 Å². The van der Waals surface area contributed by atoms with Crippen LogP contribution in [0, 0.1) is 0 Å². The normalized spacial score (nSPS) is 31.7. The number of amides is 1. The Morgan fingerprint density at radius 3 is 2.33 bits per heavy atom. The summed E-state index contributed by atoms with van der Waals surface area (Å²) in [7, 11) is 0. The van der Waals surface area contributed by atoms with Crippen molar-refractivity contribution in [2.45, 2.75) is 62.7 Å². The summed E-state index contributed by atoms with van der Waals surface area (Å²) in [6.07, 6.45) is 8.22. The van der Waals surface area contributed by atoms with E-state index in [0.29, 0.717) is 12.3 Å². The number of hydrogen-bond donors (Lipinski definition) is 1. The molecule has 1 aliphatic carbocycles. The van der Waals surface area contributed by atoms with Crippen molar-refractivity contribution in [1.29, 1.82) is 0 Å². The van der Waals surface area contributed by atoms with Gasteiger partial charge in [0.05, 0.1) is 0 Å². The van der Waals surface area contributed by atoms with Gasteiger partial charge in [0, 0.05) is 23.8 Å². The summed E-state index contributed by atoms with van der Waals surface area (Å²) < 4.78 is 0. The van der Waals surface area contributed by atoms with Crippen LogP contribution in [0.3, 0.4) is 0 Å². The summed E-state index contributed by atoms with van der Waals surface area (Å²) in [5, 5.41) is 0.262. The first-order chi connectivity index (χ1) is 7.12. The molecule has 0 aromatic heterocycles. The number of likely N-dealkylation sites (tertiary alicyclic amines) is 1. The maximum atomic E-state index is 11.9. The molecular formula is C12H21NOS. The van der Waals surface area contributed by atoms with Gasteiger partial charge in [0.25, 0.3) is 0 Å². The molecule has 0 radical (unpaired) electrons. The minimum absolute atomic E-state index is 0.130. The maximum Gasteiger partial charge on any atom is 0.224 e. The van der Waals surface area contributed by atoms with E-state index in [1.54, 1.807) is 0 Å². The van der Waals surface area contributed by atoms with Crippen molar-refractivity contribution in [3.8, 4) is 0 Å². The van der Waals surface area contributed by atoms with Gasteiger partial charge in [0.15, 0.2) is 0 Å². The molecule has 3 heteroatoms. The number of nitrogens with zero attached hydrogens (tertiary/aromatic N) is 1. The number of carbonyl (C=O) groups excluding carboxylic acids is 1. The summed E-state index contributed by atoms with van der Waals surface area (Å²) in [5.74, 6) is 0.319. The highest BCUT2D eigenvalue weighted by Crippen LogP contribution is 2.35. The molecule has 0 aromatic carbocycles. The quantitative estimate of drug-likeness (QED) is 0.539. The van der Waals surface area contributed by atoms with Crippen LogP contribution in [0.4, 0.5) is 0 Å². The Kier molecular flexibility index (Phi) is 3.29. The third-order valence-electron chi connectivity index (χ3n) is 3.94. The highest BCUT2D eigenvalue weighted by atomic mass is 32.1. The van der Waals surface area contributed by atoms with E-state index in [1.165, 1.54) is 38.5 Å². The summed E-state index contributed by atoms with van der Waals surface area (Å²) in [4.78, 5) is 14.0. The van der Waals surface area contributed by atoms with E-state index in [-0.39, 0.29) is 10.8 Å². The number of thiol groups is 1. The van der Waals surface area contributed by atoms with Gasteiger partial charge in [0.1, 0.15) is 0 Å². The zero-order chi connectivity index (χ0) is 10.9. The summed E-state index contributed by atoms with van der Waals surface area (Å²) in [6, 6.07) is 0. The lowest BCUT2D eigenvalue weighted by Gasteiger charge is -2.38. The second-order valence-electron chi connectivity index (χ2n) is 5.27. The minimum atomic E-state index is 0.130. The lowest BCUT2D eigenvalue weighted by Crippen LogP contribution is -2.47. The average Bonchev–Trinajstić information content (AvgIpc) is 2.40. The molecule has 2 fully saturated rings. The smallest absolute Gasteiger partial charge is 0.224 e. The maximum absolute atomic E-state index is 11.9. The van der Waals surface area contributed by atoms with Gasteiger partial charge in [-0.1, -0.05) is 25.7 Å². The lowest BCUT2D eigenvalue weighted by molar-refractivity contribution is -0.133. The van der Waals surface area contributed by atoms with Crippen LogP contribution in [0.1, 0.15) is 51.9 Å². The molecule has 2 aliphatic rings. The first kappa shape index (κ1) is 11.3. The van der Waals surface area contributed by atoms with Gasteiger partial charge < -0.3 is 4.90 Å². The fraction of sp³-hybridized carbons (Fsp3) is 0.917. The van der Waals surface area contributed by atoms with Crippen LogP contribution in [-0.2, 0) is 4.79 Å². The lowest BCUT2D eigenvalue weighted by atomic mass is 9.91. The zero-order valence-electron chi connectivity index (χ0n) is 9.54. The first-order valence-corrected chi connectivity index (χ1v) is 6.62. The van der Waals surface area contributed by atoms with Gasteiger partial charge >= 0.3 is 0 Å². The summed E-state index contributed by atoms with van der Waals surface area (Å²) in [5.41, 5.74) is 0.130. The van der Waals surface area contributed by atoms with Crippen molar-refractivity contribution in [2.75, 3.05) is 6.54 Å². The van der Waals surface area contributed by atoms with E-state index in [1.807, 2.05) is 0 Å². The van der Waals surface area contributed by atoms with Gasteiger partial charge in [-0.15, -0.1) is 0 Å². The van der Waals surface area contributed by atoms with Crippen molar-refractivity contribution in [3.63, 3.8) is 0 Å². The number of rotatable bonds is 1.